The Labute approximate surface area is 214 Å². The summed E-state index contributed by atoms with van der Waals surface area (Å²) >= 11 is 3.47. The predicted octanol–water partition coefficient (Wildman–Crippen LogP) is 5.01. The number of carbonyl (C=O) groups is 3. The predicted molar refractivity (Wildman–Crippen MR) is 141 cm³/mol. The van der Waals surface area contributed by atoms with Crippen molar-refractivity contribution in [2.45, 2.75) is 59.5 Å². The number of primary amides is 1. The number of fused-ring (bicyclic) bond motifs is 1. The number of aromatic nitrogens is 1. The average Bonchev–Trinajstić information content (AvgIpc) is 3.26. The third-order valence-electron chi connectivity index (χ3n) is 6.36. The van der Waals surface area contributed by atoms with Gasteiger partial charge in [-0.1, -0.05) is 57.5 Å². The van der Waals surface area contributed by atoms with Gasteiger partial charge in [-0.05, 0) is 54.8 Å². The number of nitrogens with zero attached hydrogens (tertiary/aromatic N) is 2. The molecule has 0 saturated carbocycles. The van der Waals surface area contributed by atoms with Crippen molar-refractivity contribution < 1.29 is 19.5 Å². The fourth-order valence-corrected chi connectivity index (χ4v) is 5.27. The summed E-state index contributed by atoms with van der Waals surface area (Å²) in [5, 5.41) is 13.2. The molecule has 1 aromatic heterocycles. The van der Waals surface area contributed by atoms with Crippen LogP contribution in [-0.2, 0) is 9.59 Å². The van der Waals surface area contributed by atoms with Gasteiger partial charge in [0.15, 0.2) is 6.17 Å². The zero-order valence-electron chi connectivity index (χ0n) is 21.0. The fraction of sp³-hybridized carbons (Fsp3) is 0.423. The molecule has 1 aromatic carbocycles. The van der Waals surface area contributed by atoms with Crippen molar-refractivity contribution in [3.05, 3.63) is 50.8 Å². The van der Waals surface area contributed by atoms with Gasteiger partial charge in [0, 0.05) is 27.1 Å². The third-order valence-corrected chi connectivity index (χ3v) is 6.85. The summed E-state index contributed by atoms with van der Waals surface area (Å²) in [6.45, 7) is 12.5. The summed E-state index contributed by atoms with van der Waals surface area (Å²) < 4.78 is 2.56. The van der Waals surface area contributed by atoms with Crippen molar-refractivity contribution in [1.82, 2.24) is 9.47 Å². The minimum absolute atomic E-state index is 0.160. The Balaban J connectivity index is 2.51. The number of hydrogen-bond donors (Lipinski definition) is 3. The van der Waals surface area contributed by atoms with Crippen molar-refractivity contribution in [2.75, 3.05) is 18.4 Å². The number of nitrogens with one attached hydrogen (secondary N) is 1. The van der Waals surface area contributed by atoms with Crippen LogP contribution in [-0.4, -0.2) is 45.4 Å². The van der Waals surface area contributed by atoms with Gasteiger partial charge in [0.2, 0.25) is 0 Å². The molecule has 2 amide bonds. The number of anilines is 1. The maximum Gasteiger partial charge on any atom is 0.337 e. The van der Waals surface area contributed by atoms with E-state index in [1.807, 2.05) is 64.6 Å². The highest BCUT2D eigenvalue weighted by Gasteiger charge is 2.37. The van der Waals surface area contributed by atoms with E-state index in [4.69, 9.17) is 5.73 Å². The smallest absolute Gasteiger partial charge is 0.337 e. The molecule has 188 valence electrons. The van der Waals surface area contributed by atoms with Gasteiger partial charge in [-0.3, -0.25) is 14.5 Å². The molecule has 2 heterocycles. The maximum atomic E-state index is 13.0. The van der Waals surface area contributed by atoms with Crippen molar-refractivity contribution >= 4 is 51.1 Å². The molecule has 1 aliphatic heterocycles. The van der Waals surface area contributed by atoms with E-state index in [0.717, 1.165) is 4.47 Å². The van der Waals surface area contributed by atoms with Crippen LogP contribution < -0.4 is 11.1 Å². The highest BCUT2D eigenvalue weighted by Crippen LogP contribution is 2.41. The van der Waals surface area contributed by atoms with E-state index in [9.17, 15) is 19.5 Å². The van der Waals surface area contributed by atoms with Crippen LogP contribution in [0.5, 0.6) is 0 Å². The van der Waals surface area contributed by atoms with Crippen molar-refractivity contribution in [1.29, 1.82) is 0 Å². The second-order valence-corrected chi connectivity index (χ2v) is 10.2. The Morgan fingerprint density at radius 2 is 1.80 bits per heavy atom. The minimum atomic E-state index is -1.07. The van der Waals surface area contributed by atoms with Gasteiger partial charge in [-0.15, -0.1) is 0 Å². The van der Waals surface area contributed by atoms with Gasteiger partial charge >= 0.3 is 5.97 Å². The van der Waals surface area contributed by atoms with Crippen molar-refractivity contribution in [2.24, 2.45) is 5.73 Å². The Morgan fingerprint density at radius 1 is 1.17 bits per heavy atom. The average molecular weight is 545 g/mol. The van der Waals surface area contributed by atoms with Gasteiger partial charge in [0.25, 0.3) is 11.8 Å². The maximum absolute atomic E-state index is 13.0. The molecule has 0 saturated heterocycles. The first kappa shape index (κ1) is 26.7. The largest absolute Gasteiger partial charge is 0.478 e. The molecular formula is C26H33BrN4O4. The van der Waals surface area contributed by atoms with Crippen LogP contribution in [0.3, 0.4) is 0 Å². The Hall–Kier alpha value is -2.91. The highest BCUT2D eigenvalue weighted by atomic mass is 79.9. The van der Waals surface area contributed by atoms with E-state index in [1.165, 1.54) is 0 Å². The molecule has 9 heteroatoms. The van der Waals surface area contributed by atoms with Crippen molar-refractivity contribution in [3.8, 4) is 0 Å². The van der Waals surface area contributed by atoms with Crippen molar-refractivity contribution in [3.63, 3.8) is 0 Å². The van der Waals surface area contributed by atoms with Gasteiger partial charge < -0.3 is 20.7 Å². The lowest BCUT2D eigenvalue weighted by Crippen LogP contribution is -2.42. The van der Waals surface area contributed by atoms with Crippen LogP contribution in [0.2, 0.25) is 0 Å². The number of nitrogens with two attached hydrogens (primary N) is 1. The summed E-state index contributed by atoms with van der Waals surface area (Å²) in [6, 6.07) is 5.50. The molecule has 0 bridgehead atoms. The first-order chi connectivity index (χ1) is 16.4. The molecule has 1 unspecified atom stereocenters. The number of amides is 2. The van der Waals surface area contributed by atoms with Crippen LogP contribution in [0.4, 0.5) is 5.69 Å². The van der Waals surface area contributed by atoms with Crippen LogP contribution >= 0.6 is 15.9 Å². The first-order valence-electron chi connectivity index (χ1n) is 11.8. The van der Waals surface area contributed by atoms with E-state index in [2.05, 4.69) is 21.2 Å². The lowest BCUT2D eigenvalue weighted by Gasteiger charge is -2.32. The number of likely N-dealkylation sites (N-methyl/N-ethyl adjacent to an activating group) is 1. The molecule has 0 aliphatic carbocycles. The van der Waals surface area contributed by atoms with E-state index < -0.39 is 18.0 Å². The Bertz CT molecular complexity index is 1210. The van der Waals surface area contributed by atoms with Gasteiger partial charge in [-0.2, -0.15) is 0 Å². The summed E-state index contributed by atoms with van der Waals surface area (Å²) in [4.78, 5) is 40.4. The summed E-state index contributed by atoms with van der Waals surface area (Å²) in [5.41, 5.74) is 9.47. The Morgan fingerprint density at radius 3 is 2.29 bits per heavy atom. The lowest BCUT2D eigenvalue weighted by molar-refractivity contribution is -0.126. The molecule has 3 rings (SSSR count). The number of hydrogen-bond acceptors (Lipinski definition) is 4. The number of rotatable bonds is 9. The van der Waals surface area contributed by atoms with Crippen LogP contribution in [0.15, 0.2) is 22.7 Å². The molecule has 1 atom stereocenters. The normalized spacial score (nSPS) is 15.3. The number of halogens is 1. The zero-order valence-corrected chi connectivity index (χ0v) is 22.6. The first-order valence-corrected chi connectivity index (χ1v) is 12.6. The van der Waals surface area contributed by atoms with Crippen LogP contribution in [0.1, 0.15) is 92.4 Å². The van der Waals surface area contributed by atoms with E-state index in [1.54, 1.807) is 10.6 Å². The van der Waals surface area contributed by atoms with Crippen LogP contribution in [0.25, 0.3) is 11.6 Å². The molecule has 1 aliphatic rings. The number of carboxylic acid groups (broad SMARTS) is 1. The van der Waals surface area contributed by atoms with E-state index in [-0.39, 0.29) is 23.3 Å². The highest BCUT2D eigenvalue weighted by molar-refractivity contribution is 9.10. The zero-order chi connectivity index (χ0) is 26.2. The SMILES string of the molecule is CCN(CC)C(C(N)=O)n1c(C=C2C(=O)Nc3ccc(Br)cc32)c(C(C)C)c(C(=O)O)c1C(C)C. The standard InChI is InChI=1S/C26H33BrN4O4/c1-7-30(8-2)25(23(28)32)31-19(20(13(3)4)21(26(34)35)22(31)14(5)6)12-17-16-11-15(27)9-10-18(16)29-24(17)33/h9-14,25H,7-8H2,1-6H3,(H2,28,32)(H,29,33)(H,34,35). The van der Waals surface area contributed by atoms with Gasteiger partial charge in [0.1, 0.15) is 0 Å². The molecule has 0 radical (unpaired) electrons. The number of carbonyl (C=O) groups excluding carboxylic acids is 2. The number of benzene rings is 1. The number of carboxylic acids is 1. The third kappa shape index (κ3) is 4.79. The molecule has 8 nitrogen and oxygen atoms in total. The summed E-state index contributed by atoms with van der Waals surface area (Å²) in [5.74, 6) is -2.36. The van der Waals surface area contributed by atoms with E-state index in [0.29, 0.717) is 46.9 Å². The lowest BCUT2D eigenvalue weighted by atomic mass is 9.94. The second-order valence-electron chi connectivity index (χ2n) is 9.24. The molecule has 4 N–H and O–H groups in total. The molecule has 2 aromatic rings. The van der Waals surface area contributed by atoms with Gasteiger partial charge in [-0.25, -0.2) is 4.79 Å². The van der Waals surface area contributed by atoms with Crippen LogP contribution in [0, 0.1) is 0 Å². The summed E-state index contributed by atoms with van der Waals surface area (Å²) in [7, 11) is 0. The second kappa shape index (κ2) is 10.4. The summed E-state index contributed by atoms with van der Waals surface area (Å²) in [6.07, 6.45) is 0.798. The molecule has 0 spiro atoms. The number of aromatic carboxylic acids is 1. The monoisotopic (exact) mass is 544 g/mol. The molecule has 0 fully saturated rings. The fourth-order valence-electron chi connectivity index (χ4n) is 4.91. The topological polar surface area (TPSA) is 118 Å². The Kier molecular flexibility index (Phi) is 7.91. The van der Waals surface area contributed by atoms with E-state index >= 15 is 0 Å². The molecular weight excluding hydrogens is 512 g/mol. The quantitative estimate of drug-likeness (QED) is 0.383. The molecule has 35 heavy (non-hydrogen) atoms. The minimum Gasteiger partial charge on any atom is -0.478 e. The van der Waals surface area contributed by atoms with Gasteiger partial charge in [0.05, 0.1) is 11.1 Å².